The van der Waals surface area contributed by atoms with Crippen LogP contribution in [0, 0.1) is 0 Å². The summed E-state index contributed by atoms with van der Waals surface area (Å²) in [5.74, 6) is 0.586. The van der Waals surface area contributed by atoms with Crippen LogP contribution in [-0.2, 0) is 16.1 Å². The van der Waals surface area contributed by atoms with Crippen LogP contribution < -0.4 is 4.74 Å². The van der Waals surface area contributed by atoms with Crippen molar-refractivity contribution in [3.8, 4) is 5.75 Å². The minimum Gasteiger partial charge on any atom is -0.489 e. The summed E-state index contributed by atoms with van der Waals surface area (Å²) < 4.78 is 11.2. The van der Waals surface area contributed by atoms with E-state index in [0.29, 0.717) is 17.5 Å². The maximum atomic E-state index is 12.3. The van der Waals surface area contributed by atoms with Crippen LogP contribution in [0.15, 0.2) is 102 Å². The number of hydrogen-bond acceptors (Lipinski definition) is 4. The van der Waals surface area contributed by atoms with E-state index in [4.69, 9.17) is 21.1 Å². The fourth-order valence-corrected chi connectivity index (χ4v) is 3.55. The minimum absolute atomic E-state index is 0.267. The molecule has 156 valence electrons. The molecule has 5 rings (SSSR count). The van der Waals surface area contributed by atoms with E-state index in [1.54, 1.807) is 6.08 Å². The lowest BCUT2D eigenvalue weighted by molar-refractivity contribution is -0.129. The molecule has 0 bridgehead atoms. The molecule has 5 heteroatoms. The highest BCUT2D eigenvalue weighted by Crippen LogP contribution is 2.23. The second kappa shape index (κ2) is 8.69. The van der Waals surface area contributed by atoms with Gasteiger partial charge in [0.25, 0.3) is 0 Å². The molecule has 1 aliphatic rings. The molecule has 0 N–H and O–H groups in total. The van der Waals surface area contributed by atoms with Crippen LogP contribution in [0.25, 0.3) is 16.8 Å². The summed E-state index contributed by atoms with van der Waals surface area (Å²) in [5.41, 5.74) is 2.90. The summed E-state index contributed by atoms with van der Waals surface area (Å²) in [6.07, 6.45) is 1.71. The van der Waals surface area contributed by atoms with Crippen LogP contribution >= 0.6 is 11.6 Å². The molecule has 4 aromatic carbocycles. The zero-order valence-electron chi connectivity index (χ0n) is 17.0. The first kappa shape index (κ1) is 20.0. The molecular weight excluding hydrogens is 422 g/mol. The average molecular weight is 440 g/mol. The zero-order valence-corrected chi connectivity index (χ0v) is 17.8. The van der Waals surface area contributed by atoms with Gasteiger partial charge in [0.15, 0.2) is 5.70 Å². The number of esters is 1. The van der Waals surface area contributed by atoms with Gasteiger partial charge in [-0.2, -0.15) is 0 Å². The minimum atomic E-state index is -0.462. The van der Waals surface area contributed by atoms with Crippen LogP contribution in [0.1, 0.15) is 16.7 Å². The van der Waals surface area contributed by atoms with Crippen molar-refractivity contribution in [2.24, 2.45) is 4.99 Å². The van der Waals surface area contributed by atoms with Crippen molar-refractivity contribution in [1.29, 1.82) is 0 Å². The van der Waals surface area contributed by atoms with E-state index in [2.05, 4.69) is 4.99 Å². The molecule has 32 heavy (non-hydrogen) atoms. The van der Waals surface area contributed by atoms with E-state index >= 15 is 0 Å². The van der Waals surface area contributed by atoms with E-state index < -0.39 is 5.97 Å². The number of carbonyl (C=O) groups excluding carboxylic acids is 1. The Morgan fingerprint density at radius 2 is 1.62 bits per heavy atom. The smallest absolute Gasteiger partial charge is 0.363 e. The fraction of sp³-hybridized carbons (Fsp3) is 0.0370. The second-order valence-electron chi connectivity index (χ2n) is 7.38. The standard InChI is InChI=1S/C27H18ClNO3/c28-23-11-5-19(6-12-23)17-31-24-13-7-18(8-14-24)15-25-27(30)32-26(29-25)22-10-9-20-3-1-2-4-21(20)16-22/h1-16H,17H2/b25-15-. The van der Waals surface area contributed by atoms with Gasteiger partial charge in [-0.25, -0.2) is 9.79 Å². The van der Waals surface area contributed by atoms with Gasteiger partial charge in [-0.1, -0.05) is 66.2 Å². The lowest BCUT2D eigenvalue weighted by atomic mass is 10.1. The summed E-state index contributed by atoms with van der Waals surface area (Å²) in [4.78, 5) is 16.7. The van der Waals surface area contributed by atoms with Gasteiger partial charge in [0.1, 0.15) is 12.4 Å². The molecular formula is C27H18ClNO3. The van der Waals surface area contributed by atoms with Gasteiger partial charge in [-0.05, 0) is 64.4 Å². The van der Waals surface area contributed by atoms with Gasteiger partial charge in [0, 0.05) is 10.6 Å². The van der Waals surface area contributed by atoms with Crippen LogP contribution in [-0.4, -0.2) is 11.9 Å². The maximum absolute atomic E-state index is 12.3. The molecule has 4 aromatic rings. The summed E-state index contributed by atoms with van der Waals surface area (Å²) in [5, 5.41) is 2.88. The quantitative estimate of drug-likeness (QED) is 0.266. The number of halogens is 1. The number of benzene rings is 4. The molecule has 0 amide bonds. The number of fused-ring (bicyclic) bond motifs is 1. The Morgan fingerprint density at radius 3 is 2.41 bits per heavy atom. The lowest BCUT2D eigenvalue weighted by Gasteiger charge is -2.06. The number of cyclic esters (lactones) is 1. The van der Waals surface area contributed by atoms with E-state index in [1.165, 1.54) is 0 Å². The Kier molecular flexibility index (Phi) is 5.44. The van der Waals surface area contributed by atoms with Gasteiger partial charge in [0.05, 0.1) is 0 Å². The van der Waals surface area contributed by atoms with Crippen molar-refractivity contribution < 1.29 is 14.3 Å². The number of nitrogens with zero attached hydrogens (tertiary/aromatic N) is 1. The average Bonchev–Trinajstić information content (AvgIpc) is 3.19. The molecule has 0 unspecified atom stereocenters. The van der Waals surface area contributed by atoms with Crippen molar-refractivity contribution in [3.05, 3.63) is 118 Å². The molecule has 0 atom stereocenters. The molecule has 0 aliphatic carbocycles. The van der Waals surface area contributed by atoms with E-state index in [-0.39, 0.29) is 5.70 Å². The van der Waals surface area contributed by atoms with Gasteiger partial charge >= 0.3 is 5.97 Å². The molecule has 0 radical (unpaired) electrons. The number of ether oxygens (including phenoxy) is 2. The molecule has 1 heterocycles. The number of aliphatic imine (C=N–C) groups is 1. The molecule has 1 aliphatic heterocycles. The SMILES string of the molecule is O=C1OC(c2ccc3ccccc3c2)=N/C1=C\c1ccc(OCc2ccc(Cl)cc2)cc1. The molecule has 0 fully saturated rings. The van der Waals surface area contributed by atoms with Crippen molar-refractivity contribution in [2.45, 2.75) is 6.61 Å². The third-order valence-corrected chi connectivity index (χ3v) is 5.37. The highest BCUT2D eigenvalue weighted by molar-refractivity contribution is 6.30. The summed E-state index contributed by atoms with van der Waals surface area (Å²) in [7, 11) is 0. The summed E-state index contributed by atoms with van der Waals surface area (Å²) in [6.45, 7) is 0.448. The third kappa shape index (κ3) is 4.41. The topological polar surface area (TPSA) is 47.9 Å². The molecule has 4 nitrogen and oxygen atoms in total. The van der Waals surface area contributed by atoms with Gasteiger partial charge in [-0.3, -0.25) is 0 Å². The number of carbonyl (C=O) groups is 1. The first-order chi connectivity index (χ1) is 15.6. The van der Waals surface area contributed by atoms with Crippen LogP contribution in [0.3, 0.4) is 0 Å². The Balaban J connectivity index is 1.30. The summed E-state index contributed by atoms with van der Waals surface area (Å²) >= 11 is 5.90. The van der Waals surface area contributed by atoms with E-state index in [1.807, 2.05) is 91.0 Å². The van der Waals surface area contributed by atoms with Crippen LogP contribution in [0.4, 0.5) is 0 Å². The molecule has 0 spiro atoms. The normalized spacial score (nSPS) is 14.5. The fourth-order valence-electron chi connectivity index (χ4n) is 3.42. The maximum Gasteiger partial charge on any atom is 0.363 e. The first-order valence-corrected chi connectivity index (χ1v) is 10.5. The molecule has 0 saturated heterocycles. The van der Waals surface area contributed by atoms with Crippen molar-refractivity contribution in [1.82, 2.24) is 0 Å². The van der Waals surface area contributed by atoms with Crippen LogP contribution in [0.2, 0.25) is 5.02 Å². The Labute approximate surface area is 190 Å². The largest absolute Gasteiger partial charge is 0.489 e. The van der Waals surface area contributed by atoms with Crippen molar-refractivity contribution in [3.63, 3.8) is 0 Å². The monoisotopic (exact) mass is 439 g/mol. The van der Waals surface area contributed by atoms with E-state index in [0.717, 1.165) is 33.2 Å². The predicted molar refractivity (Wildman–Crippen MR) is 127 cm³/mol. The van der Waals surface area contributed by atoms with Crippen molar-refractivity contribution in [2.75, 3.05) is 0 Å². The van der Waals surface area contributed by atoms with Crippen molar-refractivity contribution >= 4 is 40.3 Å². The van der Waals surface area contributed by atoms with E-state index in [9.17, 15) is 4.79 Å². The first-order valence-electron chi connectivity index (χ1n) is 10.1. The van der Waals surface area contributed by atoms with Gasteiger partial charge in [-0.15, -0.1) is 0 Å². The number of hydrogen-bond donors (Lipinski definition) is 0. The van der Waals surface area contributed by atoms with Gasteiger partial charge in [0.2, 0.25) is 5.90 Å². The molecule has 0 aromatic heterocycles. The second-order valence-corrected chi connectivity index (χ2v) is 7.82. The highest BCUT2D eigenvalue weighted by Gasteiger charge is 2.24. The Hall–Kier alpha value is -3.89. The number of rotatable bonds is 5. The highest BCUT2D eigenvalue weighted by atomic mass is 35.5. The lowest BCUT2D eigenvalue weighted by Crippen LogP contribution is -2.05. The summed E-state index contributed by atoms with van der Waals surface area (Å²) in [6, 6.07) is 28.9. The van der Waals surface area contributed by atoms with Gasteiger partial charge < -0.3 is 9.47 Å². The van der Waals surface area contributed by atoms with Crippen LogP contribution in [0.5, 0.6) is 5.75 Å². The Morgan fingerprint density at radius 1 is 0.875 bits per heavy atom. The zero-order chi connectivity index (χ0) is 21.9. The predicted octanol–water partition coefficient (Wildman–Crippen LogP) is 6.42. The Bertz CT molecular complexity index is 1360. The molecule has 0 saturated carbocycles. The third-order valence-electron chi connectivity index (χ3n) is 5.12.